The molecule has 2 N–H and O–H groups in total. The van der Waals surface area contributed by atoms with Crippen LogP contribution in [0.3, 0.4) is 0 Å². The number of esters is 2. The molecule has 0 amide bonds. The van der Waals surface area contributed by atoms with Crippen LogP contribution in [0, 0.1) is 11.8 Å². The minimum Gasteiger partial charge on any atom is -0.465 e. The van der Waals surface area contributed by atoms with Crippen molar-refractivity contribution < 1.29 is 71.5 Å². The van der Waals surface area contributed by atoms with Crippen molar-refractivity contribution in [2.24, 2.45) is 11.8 Å². The number of Topliss-reactive ketones (excluding diaryl/α,β-unsaturated/α-hetero) is 2. The molecule has 0 aliphatic carbocycles. The van der Waals surface area contributed by atoms with Gasteiger partial charge >= 0.3 is 24.3 Å². The van der Waals surface area contributed by atoms with Crippen LogP contribution >= 0.6 is 0 Å². The molecule has 0 saturated heterocycles. The maximum absolute atomic E-state index is 11.7. The van der Waals surface area contributed by atoms with Crippen molar-refractivity contribution in [1.29, 1.82) is 0 Å². The Labute approximate surface area is 344 Å². The second-order valence-electron chi connectivity index (χ2n) is 14.8. The van der Waals surface area contributed by atoms with E-state index in [9.17, 15) is 45.5 Å². The van der Waals surface area contributed by atoms with Gasteiger partial charge in [-0.2, -0.15) is 26.3 Å². The average molecular weight is 864 g/mol. The largest absolute Gasteiger partial charge is 0.465 e. The summed E-state index contributed by atoms with van der Waals surface area (Å²) in [6, 6.07) is 14.1. The molecule has 8 nitrogen and oxygen atoms in total. The number of hydrogen-bond donors (Lipinski definition) is 2. The predicted molar refractivity (Wildman–Crippen MR) is 209 cm³/mol. The molecule has 0 heterocycles. The summed E-state index contributed by atoms with van der Waals surface area (Å²) in [4.78, 5) is 42.3. The Balaban J connectivity index is 0. The average Bonchev–Trinajstić information content (AvgIpc) is 3.09. The summed E-state index contributed by atoms with van der Waals surface area (Å²) in [6.07, 6.45) is -9.96. The van der Waals surface area contributed by atoms with Gasteiger partial charge in [-0.05, 0) is 87.5 Å². The van der Waals surface area contributed by atoms with E-state index in [0.717, 1.165) is 13.8 Å². The van der Waals surface area contributed by atoms with Gasteiger partial charge in [-0.3, -0.25) is 19.2 Å². The molecule has 0 radical (unpaired) electrons. The van der Waals surface area contributed by atoms with Crippen LogP contribution in [0.5, 0.6) is 0 Å². The molecule has 0 aliphatic rings. The first-order valence-corrected chi connectivity index (χ1v) is 19.0. The van der Waals surface area contributed by atoms with Crippen LogP contribution in [0.2, 0.25) is 0 Å². The fraction of sp³-hybridized carbons (Fsp3) is 0.619. The van der Waals surface area contributed by atoms with Gasteiger partial charge < -0.3 is 20.1 Å². The standard InChI is InChI=1S/C28H44N2.2C7H9F3O3.Ni/c1-17(2)23-13-11-14-24(18(3)4)27(23)29-21(9)22(10)30-28-25(19(5)6)15-12-16-26(28)20(7)8;2*1-3-13-6(12)4(2)5(11)7(8,9)10;/h11-22,29-30H,1-10H3;2*4H,3H2,1-2H3;. The third-order valence-corrected chi connectivity index (χ3v) is 8.87. The second kappa shape index (κ2) is 25.0. The van der Waals surface area contributed by atoms with Gasteiger partial charge in [-0.1, -0.05) is 91.8 Å². The Bertz CT molecular complexity index is 1410. The second-order valence-corrected chi connectivity index (χ2v) is 14.8. The van der Waals surface area contributed by atoms with E-state index in [-0.39, 0.29) is 29.7 Å². The van der Waals surface area contributed by atoms with Crippen molar-refractivity contribution in [3.63, 3.8) is 0 Å². The molecule has 15 heteroatoms. The van der Waals surface area contributed by atoms with Crippen molar-refractivity contribution in [2.45, 2.75) is 145 Å². The van der Waals surface area contributed by atoms with Gasteiger partial charge in [-0.15, -0.1) is 0 Å². The molecule has 328 valence electrons. The van der Waals surface area contributed by atoms with Crippen molar-refractivity contribution >= 4 is 34.9 Å². The third-order valence-electron chi connectivity index (χ3n) is 8.87. The Morgan fingerprint density at radius 1 is 0.509 bits per heavy atom. The molecule has 0 bridgehead atoms. The topological polar surface area (TPSA) is 111 Å². The number of anilines is 2. The van der Waals surface area contributed by atoms with Crippen LogP contribution in [-0.2, 0) is 45.1 Å². The zero-order valence-electron chi connectivity index (χ0n) is 35.5. The van der Waals surface area contributed by atoms with E-state index in [4.69, 9.17) is 0 Å². The molecule has 4 unspecified atom stereocenters. The number of para-hydroxylation sites is 2. The molecule has 0 aliphatic heterocycles. The minimum atomic E-state index is -4.98. The number of ketones is 2. The van der Waals surface area contributed by atoms with E-state index in [1.165, 1.54) is 47.5 Å². The monoisotopic (exact) mass is 862 g/mol. The summed E-state index contributed by atoms with van der Waals surface area (Å²) in [6.45, 7) is 27.4. The Morgan fingerprint density at radius 3 is 0.912 bits per heavy atom. The van der Waals surface area contributed by atoms with E-state index in [1.807, 2.05) is 0 Å². The molecule has 57 heavy (non-hydrogen) atoms. The SMILES string of the molecule is CC(C)c1cccc(C(C)C)c1NC(C)C(C)Nc1c(C(C)C)cccc1C(C)C.CCOC(=O)C(C)C(=O)C(F)(F)F.CCOC(=O)C(C)C(=O)C(F)(F)F.[Ni]. The van der Waals surface area contributed by atoms with Crippen LogP contribution in [0.1, 0.15) is 143 Å². The van der Waals surface area contributed by atoms with Crippen LogP contribution in [0.25, 0.3) is 0 Å². The van der Waals surface area contributed by atoms with Crippen molar-refractivity contribution in [1.82, 2.24) is 0 Å². The predicted octanol–water partition coefficient (Wildman–Crippen LogP) is 11.1. The summed E-state index contributed by atoms with van der Waals surface area (Å²) in [5.74, 6) is -8.02. The molecule has 2 aromatic rings. The molecule has 0 spiro atoms. The maximum atomic E-state index is 11.7. The van der Waals surface area contributed by atoms with Crippen molar-refractivity contribution in [3.8, 4) is 0 Å². The number of nitrogens with one attached hydrogen (secondary N) is 2. The summed E-state index contributed by atoms with van der Waals surface area (Å²) in [5.41, 5.74) is 8.28. The molecular weight excluding hydrogens is 801 g/mol. The number of halogens is 6. The number of carbonyl (C=O) groups is 4. The van der Waals surface area contributed by atoms with Gasteiger partial charge in [0.1, 0.15) is 11.8 Å². The number of rotatable bonds is 15. The molecule has 0 fully saturated rings. The zero-order chi connectivity index (χ0) is 43.9. The Hall–Kier alpha value is -3.61. The third kappa shape index (κ3) is 17.8. The van der Waals surface area contributed by atoms with Crippen molar-refractivity contribution in [3.05, 3.63) is 58.7 Å². The molecule has 2 rings (SSSR count). The number of hydrogen-bond acceptors (Lipinski definition) is 8. The minimum absolute atomic E-state index is 0. The molecule has 0 aromatic heterocycles. The first-order valence-electron chi connectivity index (χ1n) is 19.0. The van der Waals surface area contributed by atoms with Crippen LogP contribution in [-0.4, -0.2) is 61.2 Å². The fourth-order valence-electron chi connectivity index (χ4n) is 5.38. The van der Waals surface area contributed by atoms with Gasteiger partial charge in [0.15, 0.2) is 0 Å². The van der Waals surface area contributed by atoms with Crippen LogP contribution in [0.4, 0.5) is 37.7 Å². The van der Waals surface area contributed by atoms with Gasteiger partial charge in [0.25, 0.3) is 0 Å². The van der Waals surface area contributed by atoms with Crippen molar-refractivity contribution in [2.75, 3.05) is 23.8 Å². The summed E-state index contributed by atoms with van der Waals surface area (Å²) < 4.78 is 79.0. The smallest absolute Gasteiger partial charge is 0.450 e. The van der Waals surface area contributed by atoms with Crippen LogP contribution in [0.15, 0.2) is 36.4 Å². The maximum Gasteiger partial charge on any atom is 0.450 e. The van der Waals surface area contributed by atoms with Gasteiger partial charge in [0.2, 0.25) is 11.6 Å². The summed E-state index contributed by atoms with van der Waals surface area (Å²) >= 11 is 0. The normalized spacial score (nSPS) is 13.5. The molecule has 4 atom stereocenters. The number of alkyl halides is 6. The Morgan fingerprint density at radius 2 is 0.737 bits per heavy atom. The van der Waals surface area contributed by atoms with E-state index in [1.54, 1.807) is 0 Å². The first-order chi connectivity index (χ1) is 25.6. The number of carbonyl (C=O) groups excluding carboxylic acids is 4. The number of benzene rings is 2. The summed E-state index contributed by atoms with van der Waals surface area (Å²) in [7, 11) is 0. The van der Waals surface area contributed by atoms with E-state index in [2.05, 4.69) is 126 Å². The fourth-order valence-corrected chi connectivity index (χ4v) is 5.38. The van der Waals surface area contributed by atoms with Gasteiger partial charge in [-0.25, -0.2) is 0 Å². The number of ether oxygens (including phenoxy) is 2. The van der Waals surface area contributed by atoms with E-state index < -0.39 is 47.7 Å². The van der Waals surface area contributed by atoms with Gasteiger partial charge in [0, 0.05) is 39.9 Å². The molecule has 0 saturated carbocycles. The van der Waals surface area contributed by atoms with E-state index >= 15 is 0 Å². The van der Waals surface area contributed by atoms with E-state index in [0.29, 0.717) is 35.8 Å². The van der Waals surface area contributed by atoms with Crippen LogP contribution < -0.4 is 10.6 Å². The summed E-state index contributed by atoms with van der Waals surface area (Å²) in [5, 5.41) is 7.79. The Kier molecular flexibility index (Phi) is 24.3. The first kappa shape index (κ1) is 55.5. The zero-order valence-corrected chi connectivity index (χ0v) is 36.5. The molecule has 2 aromatic carbocycles. The van der Waals surface area contributed by atoms with Gasteiger partial charge in [0.05, 0.1) is 13.2 Å². The quantitative estimate of drug-likeness (QED) is 0.0788. The molecular formula is C42H62F6N2NiO6.